The third-order valence-electron chi connectivity index (χ3n) is 2.79. The van der Waals surface area contributed by atoms with Gasteiger partial charge in [-0.3, -0.25) is 4.79 Å². The highest BCUT2D eigenvalue weighted by atomic mass is 19.4. The van der Waals surface area contributed by atoms with Crippen molar-refractivity contribution in [2.45, 2.75) is 45.7 Å². The first-order valence-electron chi connectivity index (χ1n) is 6.14. The molecule has 0 spiro atoms. The summed E-state index contributed by atoms with van der Waals surface area (Å²) in [7, 11) is 0. The maximum Gasteiger partial charge on any atom is 0.454 e. The van der Waals surface area contributed by atoms with Gasteiger partial charge in [-0.15, -0.1) is 0 Å². The molecule has 0 fully saturated rings. The lowest BCUT2D eigenvalue weighted by Gasteiger charge is -2.14. The quantitative estimate of drug-likeness (QED) is 0.718. The van der Waals surface area contributed by atoms with Crippen molar-refractivity contribution in [2.24, 2.45) is 0 Å². The molecule has 0 N–H and O–H groups in total. The summed E-state index contributed by atoms with van der Waals surface area (Å²) in [5.41, 5.74) is 1.23. The Morgan fingerprint density at radius 3 is 2.22 bits per heavy atom. The van der Waals surface area contributed by atoms with E-state index in [0.717, 1.165) is 18.4 Å². The Bertz CT molecular complexity index is 422. The van der Waals surface area contributed by atoms with Crippen LogP contribution in [-0.2, 0) is 12.8 Å². The lowest BCUT2D eigenvalue weighted by atomic mass is 9.92. The minimum Gasteiger partial charge on any atom is -0.284 e. The molecule has 0 aromatic heterocycles. The third kappa shape index (κ3) is 3.34. The highest BCUT2D eigenvalue weighted by molar-refractivity contribution is 6.01. The Morgan fingerprint density at radius 1 is 1.11 bits per heavy atom. The van der Waals surface area contributed by atoms with Crippen LogP contribution in [0.25, 0.3) is 0 Å². The topological polar surface area (TPSA) is 17.1 Å². The predicted molar refractivity (Wildman–Crippen MR) is 64.8 cm³/mol. The minimum absolute atomic E-state index is 0.185. The molecule has 0 saturated carbocycles. The van der Waals surface area contributed by atoms with Crippen LogP contribution in [0.1, 0.15) is 48.2 Å². The van der Waals surface area contributed by atoms with Crippen LogP contribution in [-0.4, -0.2) is 12.0 Å². The zero-order valence-electron chi connectivity index (χ0n) is 10.6. The highest BCUT2D eigenvalue weighted by Gasteiger charge is 2.40. The van der Waals surface area contributed by atoms with Crippen molar-refractivity contribution < 1.29 is 18.0 Å². The van der Waals surface area contributed by atoms with E-state index in [-0.39, 0.29) is 5.56 Å². The lowest BCUT2D eigenvalue weighted by molar-refractivity contribution is -0.0885. The van der Waals surface area contributed by atoms with Crippen LogP contribution in [0.2, 0.25) is 0 Å². The van der Waals surface area contributed by atoms with Crippen molar-refractivity contribution in [2.75, 3.05) is 0 Å². The molecule has 0 radical (unpaired) electrons. The van der Waals surface area contributed by atoms with E-state index >= 15 is 0 Å². The van der Waals surface area contributed by atoms with Crippen LogP contribution in [0, 0.1) is 0 Å². The number of rotatable bonds is 5. The number of alkyl halides is 3. The highest BCUT2D eigenvalue weighted by Crippen LogP contribution is 2.26. The van der Waals surface area contributed by atoms with E-state index < -0.39 is 12.0 Å². The molecule has 1 aromatic carbocycles. The van der Waals surface area contributed by atoms with Gasteiger partial charge in [0.15, 0.2) is 0 Å². The summed E-state index contributed by atoms with van der Waals surface area (Å²) < 4.78 is 37.6. The van der Waals surface area contributed by atoms with E-state index in [1.54, 1.807) is 0 Å². The molecule has 0 bridgehead atoms. The van der Waals surface area contributed by atoms with Gasteiger partial charge in [0.05, 0.1) is 0 Å². The largest absolute Gasteiger partial charge is 0.454 e. The Morgan fingerprint density at radius 2 is 1.72 bits per heavy atom. The second kappa shape index (κ2) is 6.03. The molecule has 0 unspecified atom stereocenters. The number of halogens is 3. The van der Waals surface area contributed by atoms with E-state index in [0.29, 0.717) is 18.4 Å². The molecule has 0 saturated heterocycles. The summed E-state index contributed by atoms with van der Waals surface area (Å²) in [6.07, 6.45) is -2.02. The van der Waals surface area contributed by atoms with Gasteiger partial charge < -0.3 is 0 Å². The number of ketones is 1. The summed E-state index contributed by atoms with van der Waals surface area (Å²) in [6.45, 7) is 3.86. The van der Waals surface area contributed by atoms with Crippen LogP contribution in [0.3, 0.4) is 0 Å². The van der Waals surface area contributed by atoms with E-state index in [9.17, 15) is 18.0 Å². The van der Waals surface area contributed by atoms with Gasteiger partial charge in [-0.1, -0.05) is 44.9 Å². The maximum absolute atomic E-state index is 12.5. The van der Waals surface area contributed by atoms with Crippen LogP contribution < -0.4 is 0 Å². The van der Waals surface area contributed by atoms with Crippen molar-refractivity contribution in [3.8, 4) is 0 Å². The molecule has 0 heterocycles. The Labute approximate surface area is 105 Å². The number of carbonyl (C=O) groups is 1. The molecular formula is C14H17F3O. The normalized spacial score (nSPS) is 11.6. The van der Waals surface area contributed by atoms with Gasteiger partial charge in [-0.25, -0.2) is 0 Å². The van der Waals surface area contributed by atoms with Crippen LogP contribution in [0.5, 0.6) is 0 Å². The number of benzene rings is 1. The molecule has 0 aliphatic rings. The smallest absolute Gasteiger partial charge is 0.284 e. The number of aryl methyl sites for hydroxylation is 1. The van der Waals surface area contributed by atoms with E-state index in [2.05, 4.69) is 0 Å². The lowest BCUT2D eigenvalue weighted by Crippen LogP contribution is -2.24. The first kappa shape index (κ1) is 14.7. The number of hydrogen-bond donors (Lipinski definition) is 0. The van der Waals surface area contributed by atoms with Crippen molar-refractivity contribution in [1.82, 2.24) is 0 Å². The van der Waals surface area contributed by atoms with E-state index in [1.165, 1.54) is 12.1 Å². The SMILES string of the molecule is CCCc1cccc(C(=O)C(F)(F)F)c1CCC. The molecular weight excluding hydrogens is 241 g/mol. The Hall–Kier alpha value is -1.32. The standard InChI is InChI=1S/C14H17F3O/c1-3-6-10-8-5-9-12(11(10)7-4-2)13(18)14(15,16)17/h5,8-9H,3-4,6-7H2,1-2H3. The molecule has 100 valence electrons. The van der Waals surface area contributed by atoms with Gasteiger partial charge in [-0.2, -0.15) is 13.2 Å². The predicted octanol–water partition coefficient (Wildman–Crippen LogP) is 4.34. The molecule has 18 heavy (non-hydrogen) atoms. The van der Waals surface area contributed by atoms with Crippen molar-refractivity contribution >= 4 is 5.78 Å². The fourth-order valence-corrected chi connectivity index (χ4v) is 2.05. The fraction of sp³-hybridized carbons (Fsp3) is 0.500. The molecule has 1 nitrogen and oxygen atoms in total. The molecule has 0 amide bonds. The molecule has 0 aliphatic heterocycles. The van der Waals surface area contributed by atoms with Gasteiger partial charge >= 0.3 is 6.18 Å². The Kier molecular flexibility index (Phi) is 4.93. The second-order valence-electron chi connectivity index (χ2n) is 4.27. The van der Waals surface area contributed by atoms with Gasteiger partial charge in [0, 0.05) is 5.56 Å². The van der Waals surface area contributed by atoms with Crippen LogP contribution >= 0.6 is 0 Å². The van der Waals surface area contributed by atoms with Crippen molar-refractivity contribution in [3.05, 3.63) is 34.9 Å². The molecule has 4 heteroatoms. The number of carbonyl (C=O) groups excluding carboxylic acids is 1. The number of Topliss-reactive ketones (excluding diaryl/α,β-unsaturated/α-hetero) is 1. The van der Waals surface area contributed by atoms with Gasteiger partial charge in [0.25, 0.3) is 5.78 Å². The average Bonchev–Trinajstić information content (AvgIpc) is 2.30. The zero-order chi connectivity index (χ0) is 13.8. The first-order chi connectivity index (χ1) is 8.41. The third-order valence-corrected chi connectivity index (χ3v) is 2.79. The van der Waals surface area contributed by atoms with Crippen LogP contribution in [0.4, 0.5) is 13.2 Å². The molecule has 1 aromatic rings. The number of hydrogen-bond acceptors (Lipinski definition) is 1. The summed E-state index contributed by atoms with van der Waals surface area (Å²) in [4.78, 5) is 11.4. The van der Waals surface area contributed by atoms with Gasteiger partial charge in [0.2, 0.25) is 0 Å². The summed E-state index contributed by atoms with van der Waals surface area (Å²) in [6, 6.07) is 4.62. The average molecular weight is 258 g/mol. The summed E-state index contributed by atoms with van der Waals surface area (Å²) in [5, 5.41) is 0. The Balaban J connectivity index is 3.26. The van der Waals surface area contributed by atoms with Crippen molar-refractivity contribution in [1.29, 1.82) is 0 Å². The molecule has 0 atom stereocenters. The van der Waals surface area contributed by atoms with Gasteiger partial charge in [-0.05, 0) is 24.0 Å². The van der Waals surface area contributed by atoms with E-state index in [1.807, 2.05) is 19.9 Å². The second-order valence-corrected chi connectivity index (χ2v) is 4.27. The molecule has 1 rings (SSSR count). The maximum atomic E-state index is 12.5. The minimum atomic E-state index is -4.80. The summed E-state index contributed by atoms with van der Waals surface area (Å²) >= 11 is 0. The zero-order valence-corrected chi connectivity index (χ0v) is 10.6. The monoisotopic (exact) mass is 258 g/mol. The van der Waals surface area contributed by atoms with Crippen LogP contribution in [0.15, 0.2) is 18.2 Å². The van der Waals surface area contributed by atoms with Gasteiger partial charge in [0.1, 0.15) is 0 Å². The summed E-state index contributed by atoms with van der Waals surface area (Å²) in [5.74, 6) is -1.73. The molecule has 0 aliphatic carbocycles. The van der Waals surface area contributed by atoms with Crippen molar-refractivity contribution in [3.63, 3.8) is 0 Å². The fourth-order valence-electron chi connectivity index (χ4n) is 2.05. The van der Waals surface area contributed by atoms with E-state index in [4.69, 9.17) is 0 Å². The first-order valence-corrected chi connectivity index (χ1v) is 6.14.